The van der Waals surface area contributed by atoms with Crippen molar-refractivity contribution in [3.8, 4) is 0 Å². The molecule has 0 aromatic carbocycles. The second kappa shape index (κ2) is 7.96. The SMILES string of the molecule is Cc1nc(SCC(=O)N2CCC[C@H]2c2cccs2)n(CC(C)C)c1C. The molecule has 0 unspecified atom stereocenters. The summed E-state index contributed by atoms with van der Waals surface area (Å²) in [4.78, 5) is 20.9. The summed E-state index contributed by atoms with van der Waals surface area (Å²) < 4.78 is 2.26. The van der Waals surface area contributed by atoms with Gasteiger partial charge in [0, 0.05) is 23.7 Å². The van der Waals surface area contributed by atoms with E-state index in [-0.39, 0.29) is 11.9 Å². The van der Waals surface area contributed by atoms with Crippen molar-refractivity contribution in [2.45, 2.75) is 58.3 Å². The van der Waals surface area contributed by atoms with Crippen LogP contribution in [0.15, 0.2) is 22.7 Å². The van der Waals surface area contributed by atoms with E-state index in [1.54, 1.807) is 23.1 Å². The van der Waals surface area contributed by atoms with Crippen LogP contribution in [0.1, 0.15) is 49.0 Å². The van der Waals surface area contributed by atoms with E-state index in [4.69, 9.17) is 0 Å². The Balaban J connectivity index is 1.67. The van der Waals surface area contributed by atoms with E-state index in [2.05, 4.69) is 52.7 Å². The van der Waals surface area contributed by atoms with Gasteiger partial charge >= 0.3 is 0 Å². The highest BCUT2D eigenvalue weighted by atomic mass is 32.2. The van der Waals surface area contributed by atoms with Gasteiger partial charge in [-0.1, -0.05) is 31.7 Å². The lowest BCUT2D eigenvalue weighted by atomic mass is 10.2. The zero-order valence-corrected chi connectivity index (χ0v) is 17.1. The number of hydrogen-bond donors (Lipinski definition) is 0. The number of nitrogens with zero attached hydrogens (tertiary/aromatic N) is 3. The molecule has 1 atom stereocenters. The second-order valence-corrected chi connectivity index (χ2v) is 9.04. The first kappa shape index (κ1) is 18.5. The number of rotatable bonds is 6. The number of carbonyl (C=O) groups is 1. The van der Waals surface area contributed by atoms with Gasteiger partial charge in [0.05, 0.1) is 17.5 Å². The number of thiophene rings is 1. The smallest absolute Gasteiger partial charge is 0.233 e. The first-order chi connectivity index (χ1) is 12.0. The maximum atomic E-state index is 12.8. The fraction of sp³-hybridized carbons (Fsp3) is 0.579. The van der Waals surface area contributed by atoms with E-state index in [1.807, 2.05) is 6.92 Å². The normalized spacial score (nSPS) is 17.6. The third-order valence-corrected chi connectivity index (χ3v) is 6.67. The molecule has 0 aliphatic carbocycles. The Morgan fingerprint density at radius 1 is 1.44 bits per heavy atom. The molecule has 6 heteroatoms. The van der Waals surface area contributed by atoms with Gasteiger partial charge < -0.3 is 9.47 Å². The summed E-state index contributed by atoms with van der Waals surface area (Å²) in [6.45, 7) is 10.4. The maximum Gasteiger partial charge on any atom is 0.233 e. The van der Waals surface area contributed by atoms with Crippen molar-refractivity contribution < 1.29 is 4.79 Å². The Hall–Kier alpha value is -1.27. The molecule has 1 aliphatic rings. The van der Waals surface area contributed by atoms with E-state index >= 15 is 0 Å². The van der Waals surface area contributed by atoms with Crippen LogP contribution in [0, 0.1) is 19.8 Å². The van der Waals surface area contributed by atoms with Gasteiger partial charge in [0.2, 0.25) is 5.91 Å². The third kappa shape index (κ3) is 4.11. The Morgan fingerprint density at radius 2 is 2.24 bits per heavy atom. The highest BCUT2D eigenvalue weighted by Crippen LogP contribution is 2.35. The van der Waals surface area contributed by atoms with E-state index in [0.717, 1.165) is 36.8 Å². The minimum Gasteiger partial charge on any atom is -0.334 e. The van der Waals surface area contributed by atoms with Gasteiger partial charge in [-0.3, -0.25) is 4.79 Å². The van der Waals surface area contributed by atoms with Crippen molar-refractivity contribution in [2.24, 2.45) is 5.92 Å². The Bertz CT molecular complexity index is 721. The summed E-state index contributed by atoms with van der Waals surface area (Å²) in [6, 6.07) is 4.49. The van der Waals surface area contributed by atoms with Gasteiger partial charge in [-0.15, -0.1) is 11.3 Å². The predicted molar refractivity (Wildman–Crippen MR) is 105 cm³/mol. The zero-order chi connectivity index (χ0) is 18.0. The summed E-state index contributed by atoms with van der Waals surface area (Å²) >= 11 is 3.34. The largest absolute Gasteiger partial charge is 0.334 e. The molecule has 0 spiro atoms. The molecular weight excluding hydrogens is 350 g/mol. The molecule has 0 saturated carbocycles. The quantitative estimate of drug-likeness (QED) is 0.687. The molecule has 1 fully saturated rings. The molecule has 1 saturated heterocycles. The number of hydrogen-bond acceptors (Lipinski definition) is 4. The number of aromatic nitrogens is 2. The van der Waals surface area contributed by atoms with Crippen LogP contribution in [0.4, 0.5) is 0 Å². The molecule has 1 amide bonds. The highest BCUT2D eigenvalue weighted by molar-refractivity contribution is 7.99. The van der Waals surface area contributed by atoms with Gasteiger partial charge in [0.15, 0.2) is 5.16 Å². The zero-order valence-electron chi connectivity index (χ0n) is 15.5. The number of likely N-dealkylation sites (tertiary alicyclic amines) is 1. The van der Waals surface area contributed by atoms with Crippen molar-refractivity contribution in [2.75, 3.05) is 12.3 Å². The minimum absolute atomic E-state index is 0.232. The number of amides is 1. The highest BCUT2D eigenvalue weighted by Gasteiger charge is 2.30. The van der Waals surface area contributed by atoms with Crippen LogP contribution in [-0.2, 0) is 11.3 Å². The Labute approximate surface area is 158 Å². The van der Waals surface area contributed by atoms with E-state index in [1.165, 1.54) is 10.6 Å². The third-order valence-electron chi connectivity index (χ3n) is 4.74. The summed E-state index contributed by atoms with van der Waals surface area (Å²) in [5, 5.41) is 3.07. The molecule has 2 aromatic heterocycles. The lowest BCUT2D eigenvalue weighted by molar-refractivity contribution is -0.129. The fourth-order valence-corrected chi connectivity index (χ4v) is 5.23. The molecule has 0 N–H and O–H groups in total. The molecule has 4 nitrogen and oxygen atoms in total. The number of thioether (sulfide) groups is 1. The van der Waals surface area contributed by atoms with Gasteiger partial charge in [0.25, 0.3) is 0 Å². The van der Waals surface area contributed by atoms with Crippen LogP contribution in [-0.4, -0.2) is 32.7 Å². The maximum absolute atomic E-state index is 12.8. The van der Waals surface area contributed by atoms with Gasteiger partial charge in [-0.25, -0.2) is 4.98 Å². The van der Waals surface area contributed by atoms with Gasteiger partial charge in [-0.05, 0) is 44.1 Å². The van der Waals surface area contributed by atoms with Gasteiger partial charge in [-0.2, -0.15) is 0 Å². The first-order valence-electron chi connectivity index (χ1n) is 8.96. The number of carbonyl (C=O) groups excluding carboxylic acids is 1. The molecule has 3 heterocycles. The van der Waals surface area contributed by atoms with Crippen LogP contribution < -0.4 is 0 Å². The van der Waals surface area contributed by atoms with Crippen molar-refractivity contribution in [3.63, 3.8) is 0 Å². The molecule has 25 heavy (non-hydrogen) atoms. The molecule has 136 valence electrons. The molecular formula is C19H27N3OS2. The second-order valence-electron chi connectivity index (χ2n) is 7.12. The Kier molecular flexibility index (Phi) is 5.89. The summed E-state index contributed by atoms with van der Waals surface area (Å²) in [6.07, 6.45) is 2.18. The molecule has 3 rings (SSSR count). The van der Waals surface area contributed by atoms with E-state index < -0.39 is 0 Å². The molecule has 1 aliphatic heterocycles. The fourth-order valence-electron chi connectivity index (χ4n) is 3.36. The summed E-state index contributed by atoms with van der Waals surface area (Å²) in [5.74, 6) is 1.26. The van der Waals surface area contributed by atoms with E-state index in [9.17, 15) is 4.79 Å². The molecule has 2 aromatic rings. The lowest BCUT2D eigenvalue weighted by Crippen LogP contribution is -2.31. The van der Waals surface area contributed by atoms with E-state index in [0.29, 0.717) is 11.7 Å². The summed E-state index contributed by atoms with van der Waals surface area (Å²) in [7, 11) is 0. The van der Waals surface area contributed by atoms with Crippen molar-refractivity contribution in [1.82, 2.24) is 14.5 Å². The van der Waals surface area contributed by atoms with Crippen molar-refractivity contribution >= 4 is 29.0 Å². The standard InChI is InChI=1S/C19H27N3OS2/c1-13(2)11-22-15(4)14(3)20-19(22)25-12-18(23)21-9-5-7-16(21)17-8-6-10-24-17/h6,8,10,13,16H,5,7,9,11-12H2,1-4H3/t16-/m0/s1. The lowest BCUT2D eigenvalue weighted by Gasteiger charge is -2.23. The molecule has 0 bridgehead atoms. The Morgan fingerprint density at radius 3 is 2.92 bits per heavy atom. The van der Waals surface area contributed by atoms with Gasteiger partial charge in [0.1, 0.15) is 0 Å². The van der Waals surface area contributed by atoms with Crippen LogP contribution >= 0.6 is 23.1 Å². The van der Waals surface area contributed by atoms with Crippen LogP contribution in [0.2, 0.25) is 0 Å². The van der Waals surface area contributed by atoms with Crippen LogP contribution in [0.3, 0.4) is 0 Å². The number of imidazole rings is 1. The molecule has 0 radical (unpaired) electrons. The predicted octanol–water partition coefficient (Wildman–Crippen LogP) is 4.67. The average molecular weight is 378 g/mol. The first-order valence-corrected chi connectivity index (χ1v) is 10.8. The number of aryl methyl sites for hydroxylation is 1. The average Bonchev–Trinajstić information content (AvgIpc) is 3.29. The van der Waals surface area contributed by atoms with Crippen LogP contribution in [0.5, 0.6) is 0 Å². The van der Waals surface area contributed by atoms with Crippen molar-refractivity contribution in [3.05, 3.63) is 33.8 Å². The summed E-state index contributed by atoms with van der Waals surface area (Å²) in [5.41, 5.74) is 2.27. The monoisotopic (exact) mass is 377 g/mol. The minimum atomic E-state index is 0.232. The van der Waals surface area contributed by atoms with Crippen molar-refractivity contribution in [1.29, 1.82) is 0 Å². The van der Waals surface area contributed by atoms with Crippen LogP contribution in [0.25, 0.3) is 0 Å². The topological polar surface area (TPSA) is 38.1 Å².